The van der Waals surface area contributed by atoms with E-state index in [1.165, 1.54) is 33.1 Å². The Bertz CT molecular complexity index is 1540. The third-order valence-electron chi connectivity index (χ3n) is 5.44. The molecule has 5 rings (SSSR count). The average Bonchev–Trinajstić information content (AvgIpc) is 3.61. The first-order valence-corrected chi connectivity index (χ1v) is 11.9. The molecule has 3 heterocycles. The topological polar surface area (TPSA) is 115 Å². The molecule has 36 heavy (non-hydrogen) atoms. The van der Waals surface area contributed by atoms with Crippen molar-refractivity contribution in [2.24, 2.45) is 0 Å². The lowest BCUT2D eigenvalue weighted by atomic mass is 10.1. The molecule has 0 aliphatic carbocycles. The number of fused-ring (bicyclic) bond motifs is 1. The number of hydrogen-bond donors (Lipinski definition) is 0. The van der Waals surface area contributed by atoms with Crippen molar-refractivity contribution in [3.63, 3.8) is 0 Å². The monoisotopic (exact) mass is 506 g/mol. The maximum Gasteiger partial charge on any atom is 0.262 e. The highest BCUT2D eigenvalue weighted by atomic mass is 32.2. The van der Waals surface area contributed by atoms with Crippen LogP contribution in [-0.2, 0) is 12.3 Å². The fraction of sp³-hybridized carbons (Fsp3) is 0.200. The van der Waals surface area contributed by atoms with Crippen LogP contribution in [0.3, 0.4) is 0 Å². The molecule has 3 aromatic heterocycles. The fourth-order valence-corrected chi connectivity index (χ4v) is 4.56. The third kappa shape index (κ3) is 4.52. The lowest BCUT2D eigenvalue weighted by Gasteiger charge is -2.12. The Morgan fingerprint density at radius 3 is 2.44 bits per heavy atom. The Kier molecular flexibility index (Phi) is 6.63. The van der Waals surface area contributed by atoms with Gasteiger partial charge < -0.3 is 23.2 Å². The van der Waals surface area contributed by atoms with E-state index in [-0.39, 0.29) is 12.1 Å². The minimum absolute atomic E-state index is 0.150. The molecule has 0 radical (unpaired) electrons. The Balaban J connectivity index is 1.44. The van der Waals surface area contributed by atoms with Crippen LogP contribution in [0.25, 0.3) is 22.3 Å². The van der Waals surface area contributed by atoms with Gasteiger partial charge in [0.15, 0.2) is 16.7 Å². The van der Waals surface area contributed by atoms with Crippen molar-refractivity contribution in [1.82, 2.24) is 19.7 Å². The molecule has 0 amide bonds. The van der Waals surface area contributed by atoms with Crippen molar-refractivity contribution >= 4 is 22.7 Å². The number of nitrogens with zero attached hydrogens (tertiary/aromatic N) is 4. The standard InChI is InChI=1S/C25H22N4O6S/c1-31-19-11-15(12-20(32-2)22(19)33-3)23-27-21(35-28-23)14-36-25-26-18-9-5-4-8-17(18)24(30)29(25)13-16-7-6-10-34-16/h4-12H,13-14H2,1-3H3. The van der Waals surface area contributed by atoms with E-state index < -0.39 is 0 Å². The number of methoxy groups -OCH3 is 3. The number of furan rings is 1. The maximum atomic E-state index is 13.2. The molecule has 5 aromatic rings. The zero-order valence-corrected chi connectivity index (χ0v) is 20.6. The molecule has 0 fully saturated rings. The van der Waals surface area contributed by atoms with Crippen LogP contribution in [0.15, 0.2) is 73.7 Å². The average molecular weight is 507 g/mol. The van der Waals surface area contributed by atoms with E-state index in [4.69, 9.17) is 28.1 Å². The molecule has 0 bridgehead atoms. The molecule has 0 aliphatic rings. The molecule has 0 aliphatic heterocycles. The van der Waals surface area contributed by atoms with E-state index in [2.05, 4.69) is 10.1 Å². The van der Waals surface area contributed by atoms with E-state index in [9.17, 15) is 4.79 Å². The molecule has 0 saturated carbocycles. The molecule has 0 saturated heterocycles. The molecular weight excluding hydrogens is 484 g/mol. The largest absolute Gasteiger partial charge is 0.493 e. The third-order valence-corrected chi connectivity index (χ3v) is 6.40. The molecule has 2 aromatic carbocycles. The van der Waals surface area contributed by atoms with Gasteiger partial charge in [-0.2, -0.15) is 4.98 Å². The highest BCUT2D eigenvalue weighted by molar-refractivity contribution is 7.98. The molecule has 0 atom stereocenters. The summed E-state index contributed by atoms with van der Waals surface area (Å²) >= 11 is 1.33. The van der Waals surface area contributed by atoms with Gasteiger partial charge in [0.2, 0.25) is 17.5 Å². The van der Waals surface area contributed by atoms with Crippen molar-refractivity contribution in [3.05, 3.63) is 76.8 Å². The Hall–Kier alpha value is -4.25. The lowest BCUT2D eigenvalue weighted by Crippen LogP contribution is -2.23. The van der Waals surface area contributed by atoms with E-state index >= 15 is 0 Å². The van der Waals surface area contributed by atoms with Crippen molar-refractivity contribution in [2.45, 2.75) is 17.5 Å². The smallest absolute Gasteiger partial charge is 0.262 e. The van der Waals surface area contributed by atoms with Gasteiger partial charge in [-0.15, -0.1) is 0 Å². The molecule has 0 unspecified atom stereocenters. The molecule has 0 spiro atoms. The van der Waals surface area contributed by atoms with Crippen molar-refractivity contribution in [3.8, 4) is 28.6 Å². The highest BCUT2D eigenvalue weighted by Crippen LogP contribution is 2.40. The van der Waals surface area contributed by atoms with E-state index in [0.29, 0.717) is 62.1 Å². The normalized spacial score (nSPS) is 11.1. The SMILES string of the molecule is COc1cc(-c2noc(CSc3nc4ccccc4c(=O)n3Cc3ccco3)n2)cc(OC)c1OC. The van der Waals surface area contributed by atoms with Gasteiger partial charge in [0.25, 0.3) is 5.56 Å². The van der Waals surface area contributed by atoms with Crippen LogP contribution in [0.4, 0.5) is 0 Å². The maximum absolute atomic E-state index is 13.2. The summed E-state index contributed by atoms with van der Waals surface area (Å²) in [6.45, 7) is 0.256. The number of rotatable bonds is 9. The first-order valence-electron chi connectivity index (χ1n) is 10.9. The predicted molar refractivity (Wildman–Crippen MR) is 133 cm³/mol. The zero-order valence-electron chi connectivity index (χ0n) is 19.8. The van der Waals surface area contributed by atoms with Crippen LogP contribution < -0.4 is 19.8 Å². The first-order chi connectivity index (χ1) is 17.6. The molecule has 10 nitrogen and oxygen atoms in total. The summed E-state index contributed by atoms with van der Waals surface area (Å²) in [6.07, 6.45) is 1.57. The summed E-state index contributed by atoms with van der Waals surface area (Å²) in [6, 6.07) is 14.3. The zero-order chi connectivity index (χ0) is 25.1. The van der Waals surface area contributed by atoms with Crippen LogP contribution in [0, 0.1) is 0 Å². The number of hydrogen-bond acceptors (Lipinski definition) is 10. The second kappa shape index (κ2) is 10.2. The van der Waals surface area contributed by atoms with Gasteiger partial charge in [-0.25, -0.2) is 4.98 Å². The van der Waals surface area contributed by atoms with Crippen LogP contribution in [0.2, 0.25) is 0 Å². The molecule has 11 heteroatoms. The van der Waals surface area contributed by atoms with Gasteiger partial charge in [0, 0.05) is 5.56 Å². The summed E-state index contributed by atoms with van der Waals surface area (Å²) in [4.78, 5) is 22.4. The van der Waals surface area contributed by atoms with Crippen molar-refractivity contribution in [1.29, 1.82) is 0 Å². The lowest BCUT2D eigenvalue weighted by molar-refractivity contribution is 0.324. The number of aromatic nitrogens is 4. The fourth-order valence-electron chi connectivity index (χ4n) is 3.72. The van der Waals surface area contributed by atoms with Gasteiger partial charge in [-0.1, -0.05) is 29.1 Å². The van der Waals surface area contributed by atoms with E-state index in [0.717, 1.165) is 0 Å². The summed E-state index contributed by atoms with van der Waals surface area (Å²) < 4.78 is 28.7. The minimum Gasteiger partial charge on any atom is -0.493 e. The summed E-state index contributed by atoms with van der Waals surface area (Å²) in [5.41, 5.74) is 1.11. The number of thioether (sulfide) groups is 1. The summed E-state index contributed by atoms with van der Waals surface area (Å²) in [7, 11) is 4.62. The van der Waals surface area contributed by atoms with Crippen LogP contribution in [0.5, 0.6) is 17.2 Å². The van der Waals surface area contributed by atoms with Crippen molar-refractivity contribution < 1.29 is 23.2 Å². The summed E-state index contributed by atoms with van der Waals surface area (Å²) in [5, 5.41) is 5.15. The number of ether oxygens (including phenoxy) is 3. The van der Waals surface area contributed by atoms with Gasteiger partial charge in [0.1, 0.15) is 5.76 Å². The molecular formula is C25H22N4O6S. The van der Waals surface area contributed by atoms with E-state index in [1.807, 2.05) is 24.3 Å². The second-order valence-electron chi connectivity index (χ2n) is 7.60. The number of benzene rings is 2. The van der Waals surface area contributed by atoms with E-state index in [1.54, 1.807) is 35.1 Å². The van der Waals surface area contributed by atoms with Gasteiger partial charge in [-0.3, -0.25) is 9.36 Å². The van der Waals surface area contributed by atoms with Crippen LogP contribution >= 0.6 is 11.8 Å². The van der Waals surface area contributed by atoms with Gasteiger partial charge >= 0.3 is 0 Å². The number of para-hydroxylation sites is 1. The quantitative estimate of drug-likeness (QED) is 0.210. The summed E-state index contributed by atoms with van der Waals surface area (Å²) in [5.74, 6) is 3.13. The van der Waals surface area contributed by atoms with Crippen LogP contribution in [-0.4, -0.2) is 41.0 Å². The highest BCUT2D eigenvalue weighted by Gasteiger charge is 2.19. The van der Waals surface area contributed by atoms with Crippen LogP contribution in [0.1, 0.15) is 11.7 Å². The van der Waals surface area contributed by atoms with Gasteiger partial charge in [0.05, 0.1) is 50.8 Å². The molecule has 184 valence electrons. The second-order valence-corrected chi connectivity index (χ2v) is 8.54. The molecule has 0 N–H and O–H groups in total. The van der Waals surface area contributed by atoms with Crippen molar-refractivity contribution in [2.75, 3.05) is 21.3 Å². The Morgan fingerprint density at radius 2 is 1.75 bits per heavy atom. The van der Waals surface area contributed by atoms with Gasteiger partial charge in [-0.05, 0) is 36.4 Å². The Morgan fingerprint density at radius 1 is 0.972 bits per heavy atom. The Labute approximate surface area is 209 Å². The first kappa shape index (κ1) is 23.5. The minimum atomic E-state index is -0.150. The predicted octanol–water partition coefficient (Wildman–Crippen LogP) is 4.41.